The smallest absolute Gasteiger partial charge is 0.255 e. The largest absolute Gasteiger partial charge is 0.485 e. The molecule has 0 saturated heterocycles. The molecule has 0 aromatic heterocycles. The number of ether oxygens (including phenoxy) is 2. The van der Waals surface area contributed by atoms with Crippen LogP contribution in [0.3, 0.4) is 0 Å². The second-order valence-corrected chi connectivity index (χ2v) is 7.52. The van der Waals surface area contributed by atoms with Gasteiger partial charge in [0.2, 0.25) is 0 Å². The highest BCUT2D eigenvalue weighted by Gasteiger charge is 2.20. The molecule has 168 valence electrons. The third-order valence-corrected chi connectivity index (χ3v) is 5.06. The maximum atomic E-state index is 13.1. The van der Waals surface area contributed by atoms with E-state index in [1.807, 2.05) is 66.7 Å². The van der Waals surface area contributed by atoms with Crippen molar-refractivity contribution >= 4 is 5.91 Å². The van der Waals surface area contributed by atoms with Gasteiger partial charge in [-0.3, -0.25) is 4.79 Å². The van der Waals surface area contributed by atoms with Crippen molar-refractivity contribution in [2.45, 2.75) is 32.1 Å². The Morgan fingerprint density at radius 1 is 0.812 bits per heavy atom. The van der Waals surface area contributed by atoms with Crippen molar-refractivity contribution in [1.29, 1.82) is 0 Å². The van der Waals surface area contributed by atoms with Gasteiger partial charge in [-0.15, -0.1) is 0 Å². The van der Waals surface area contributed by atoms with Gasteiger partial charge >= 0.3 is 0 Å². The molecule has 0 unspecified atom stereocenters. The van der Waals surface area contributed by atoms with Gasteiger partial charge in [0.05, 0.1) is 5.56 Å². The van der Waals surface area contributed by atoms with E-state index in [0.717, 1.165) is 24.0 Å². The molecule has 5 N–H and O–H groups in total. The minimum Gasteiger partial charge on any atom is -0.485 e. The lowest BCUT2D eigenvalue weighted by molar-refractivity contribution is 0.0930. The lowest BCUT2D eigenvalue weighted by Crippen LogP contribution is -2.40. The molecule has 1 amide bonds. The van der Waals surface area contributed by atoms with Crippen LogP contribution in [0, 0.1) is 0 Å². The Balaban J connectivity index is 1.82. The van der Waals surface area contributed by atoms with Crippen molar-refractivity contribution < 1.29 is 14.3 Å². The third kappa shape index (κ3) is 6.83. The summed E-state index contributed by atoms with van der Waals surface area (Å²) in [4.78, 5) is 13.1. The first-order chi connectivity index (χ1) is 15.7. The summed E-state index contributed by atoms with van der Waals surface area (Å²) in [6.45, 7) is 1.59. The maximum absolute atomic E-state index is 13.1. The Hall–Kier alpha value is -3.35. The van der Waals surface area contributed by atoms with E-state index in [-0.39, 0.29) is 11.9 Å². The van der Waals surface area contributed by atoms with Crippen LogP contribution < -0.4 is 26.3 Å². The summed E-state index contributed by atoms with van der Waals surface area (Å²) in [6, 6.07) is 24.9. The highest BCUT2D eigenvalue weighted by molar-refractivity contribution is 5.98. The summed E-state index contributed by atoms with van der Waals surface area (Å²) in [5.74, 6) is 0.689. The lowest BCUT2D eigenvalue weighted by Gasteiger charge is -2.20. The van der Waals surface area contributed by atoms with E-state index in [1.165, 1.54) is 0 Å². The van der Waals surface area contributed by atoms with E-state index in [4.69, 9.17) is 20.9 Å². The first kappa shape index (κ1) is 23.3. The minimum absolute atomic E-state index is 0.151. The summed E-state index contributed by atoms with van der Waals surface area (Å²) in [5.41, 5.74) is 13.9. The number of hydrogen-bond donors (Lipinski definition) is 3. The molecule has 0 aliphatic rings. The fraction of sp³-hybridized carbons (Fsp3) is 0.269. The lowest BCUT2D eigenvalue weighted by atomic mass is 10.1. The first-order valence-electron chi connectivity index (χ1n) is 10.9. The number of carbonyl (C=O) groups is 1. The van der Waals surface area contributed by atoms with Gasteiger partial charge in [0.15, 0.2) is 11.5 Å². The zero-order valence-corrected chi connectivity index (χ0v) is 18.2. The van der Waals surface area contributed by atoms with Crippen LogP contribution in [0.5, 0.6) is 11.5 Å². The molecule has 3 rings (SSSR count). The summed E-state index contributed by atoms with van der Waals surface area (Å²) in [7, 11) is 0. The Kier molecular flexibility index (Phi) is 9.10. The number of benzene rings is 3. The molecule has 32 heavy (non-hydrogen) atoms. The van der Waals surface area contributed by atoms with Crippen LogP contribution >= 0.6 is 0 Å². The number of nitrogens with one attached hydrogen (secondary N) is 1. The molecule has 0 fully saturated rings. The third-order valence-electron chi connectivity index (χ3n) is 5.06. The highest BCUT2D eigenvalue weighted by atomic mass is 16.5. The first-order valence-corrected chi connectivity index (χ1v) is 10.9. The molecule has 0 heterocycles. The number of amides is 1. The topological polar surface area (TPSA) is 99.6 Å². The van der Waals surface area contributed by atoms with E-state index in [9.17, 15) is 4.79 Å². The summed E-state index contributed by atoms with van der Waals surface area (Å²) < 4.78 is 12.2. The van der Waals surface area contributed by atoms with E-state index in [2.05, 4.69) is 5.32 Å². The van der Waals surface area contributed by atoms with Gasteiger partial charge < -0.3 is 26.3 Å². The number of rotatable bonds is 12. The van der Waals surface area contributed by atoms with Crippen LogP contribution in [0.15, 0.2) is 78.9 Å². The van der Waals surface area contributed by atoms with Crippen molar-refractivity contribution in [3.8, 4) is 11.5 Å². The Bertz CT molecular complexity index is 965. The Labute approximate surface area is 189 Å². The molecule has 0 bridgehead atoms. The normalized spacial score (nSPS) is 11.6. The molecule has 0 aliphatic heterocycles. The number of para-hydroxylation sites is 1. The standard InChI is InChI=1S/C26H31N3O3/c27-16-8-13-22(17-28)29-26(30)23-14-7-15-24(31-18-20-9-3-1-4-10-20)25(23)32-19-21-11-5-2-6-12-21/h1-7,9-12,14-15,22H,8,13,16-19,27-28H2,(H,29,30)/t22-/m0/s1. The van der Waals surface area contributed by atoms with Gasteiger partial charge in [0.1, 0.15) is 13.2 Å². The molecule has 6 nitrogen and oxygen atoms in total. The molecular weight excluding hydrogens is 402 g/mol. The van der Waals surface area contributed by atoms with Crippen molar-refractivity contribution in [2.24, 2.45) is 11.5 Å². The number of hydrogen-bond acceptors (Lipinski definition) is 5. The van der Waals surface area contributed by atoms with E-state index in [1.54, 1.807) is 12.1 Å². The quantitative estimate of drug-likeness (QED) is 0.405. The molecule has 0 saturated carbocycles. The fourth-order valence-electron chi connectivity index (χ4n) is 3.30. The van der Waals surface area contributed by atoms with Crippen LogP contribution in [-0.2, 0) is 13.2 Å². The molecule has 0 spiro atoms. The molecule has 3 aromatic rings. The van der Waals surface area contributed by atoms with Crippen LogP contribution in [0.25, 0.3) is 0 Å². The average Bonchev–Trinajstić information content (AvgIpc) is 2.85. The molecule has 0 aliphatic carbocycles. The van der Waals surface area contributed by atoms with Gasteiger partial charge in [0, 0.05) is 12.6 Å². The van der Waals surface area contributed by atoms with Gasteiger partial charge in [-0.1, -0.05) is 66.7 Å². The van der Waals surface area contributed by atoms with Crippen molar-refractivity contribution in [1.82, 2.24) is 5.32 Å². The predicted octanol–water partition coefficient (Wildman–Crippen LogP) is 3.64. The number of carbonyl (C=O) groups excluding carboxylic acids is 1. The highest BCUT2D eigenvalue weighted by Crippen LogP contribution is 2.33. The van der Waals surface area contributed by atoms with E-state index < -0.39 is 0 Å². The van der Waals surface area contributed by atoms with Crippen molar-refractivity contribution in [3.63, 3.8) is 0 Å². The SMILES string of the molecule is NCCC[C@@H](CN)NC(=O)c1cccc(OCc2ccccc2)c1OCc1ccccc1. The molecular formula is C26H31N3O3. The van der Waals surface area contributed by atoms with Gasteiger partial charge in [-0.25, -0.2) is 0 Å². The Morgan fingerprint density at radius 2 is 1.44 bits per heavy atom. The van der Waals surface area contributed by atoms with Crippen LogP contribution in [-0.4, -0.2) is 25.0 Å². The zero-order chi connectivity index (χ0) is 22.6. The Morgan fingerprint density at radius 3 is 2.03 bits per heavy atom. The van der Waals surface area contributed by atoms with Gasteiger partial charge in [-0.2, -0.15) is 0 Å². The zero-order valence-electron chi connectivity index (χ0n) is 18.2. The minimum atomic E-state index is -0.245. The average molecular weight is 434 g/mol. The van der Waals surface area contributed by atoms with Crippen molar-refractivity contribution in [2.75, 3.05) is 13.1 Å². The summed E-state index contributed by atoms with van der Waals surface area (Å²) >= 11 is 0. The summed E-state index contributed by atoms with van der Waals surface area (Å²) in [5, 5.41) is 3.00. The fourth-order valence-corrected chi connectivity index (χ4v) is 3.30. The summed E-state index contributed by atoms with van der Waals surface area (Å²) in [6.07, 6.45) is 1.52. The molecule has 6 heteroatoms. The molecule has 3 aromatic carbocycles. The van der Waals surface area contributed by atoms with Crippen molar-refractivity contribution in [3.05, 3.63) is 95.6 Å². The van der Waals surface area contributed by atoms with Gasteiger partial charge in [-0.05, 0) is 42.6 Å². The van der Waals surface area contributed by atoms with Crippen LogP contribution in [0.4, 0.5) is 0 Å². The maximum Gasteiger partial charge on any atom is 0.255 e. The second-order valence-electron chi connectivity index (χ2n) is 7.52. The van der Waals surface area contributed by atoms with Crippen LogP contribution in [0.1, 0.15) is 34.3 Å². The number of nitrogens with two attached hydrogens (primary N) is 2. The molecule has 0 radical (unpaired) electrons. The monoisotopic (exact) mass is 433 g/mol. The second kappa shape index (κ2) is 12.5. The van der Waals surface area contributed by atoms with Gasteiger partial charge in [0.25, 0.3) is 5.91 Å². The van der Waals surface area contributed by atoms with Crippen LogP contribution in [0.2, 0.25) is 0 Å². The van der Waals surface area contributed by atoms with E-state index >= 15 is 0 Å². The predicted molar refractivity (Wildman–Crippen MR) is 127 cm³/mol. The van der Waals surface area contributed by atoms with E-state index in [0.29, 0.717) is 43.4 Å². The molecule has 1 atom stereocenters.